The molecule has 2 fully saturated rings. The van der Waals surface area contributed by atoms with Gasteiger partial charge in [-0.1, -0.05) is 6.92 Å². The Morgan fingerprint density at radius 1 is 1.14 bits per heavy atom. The molecule has 2 heterocycles. The second-order valence-corrected chi connectivity index (χ2v) is 6.28. The molecule has 0 aromatic rings. The highest BCUT2D eigenvalue weighted by atomic mass is 16.6. The van der Waals surface area contributed by atoms with E-state index in [1.54, 1.807) is 13.8 Å². The molecule has 2 aliphatic rings. The zero-order valence-corrected chi connectivity index (χ0v) is 12.9. The zero-order valence-electron chi connectivity index (χ0n) is 12.9. The van der Waals surface area contributed by atoms with Crippen molar-refractivity contribution >= 4 is 17.7 Å². The van der Waals surface area contributed by atoms with Crippen LogP contribution in [0.25, 0.3) is 0 Å². The number of ketones is 1. The first-order chi connectivity index (χ1) is 10.3. The molecule has 4 atom stereocenters. The van der Waals surface area contributed by atoms with Gasteiger partial charge in [-0.05, 0) is 39.0 Å². The Hall–Kier alpha value is -1.47. The van der Waals surface area contributed by atoms with Gasteiger partial charge in [-0.2, -0.15) is 0 Å². The van der Waals surface area contributed by atoms with Crippen molar-refractivity contribution in [1.29, 1.82) is 0 Å². The Kier molecular flexibility index (Phi) is 4.87. The molecule has 7 nitrogen and oxygen atoms in total. The lowest BCUT2D eigenvalue weighted by Crippen LogP contribution is -2.60. The van der Waals surface area contributed by atoms with E-state index in [1.807, 2.05) is 0 Å². The number of aliphatic carboxylic acids is 1. The fourth-order valence-corrected chi connectivity index (χ4v) is 3.15. The molecular weight excluding hydrogens is 290 g/mol. The van der Waals surface area contributed by atoms with E-state index in [4.69, 9.17) is 4.74 Å². The van der Waals surface area contributed by atoms with E-state index >= 15 is 0 Å². The Morgan fingerprint density at radius 2 is 1.82 bits per heavy atom. The van der Waals surface area contributed by atoms with Crippen molar-refractivity contribution in [2.24, 2.45) is 5.92 Å². The maximum atomic E-state index is 12.5. The van der Waals surface area contributed by atoms with Gasteiger partial charge in [0, 0.05) is 12.5 Å². The van der Waals surface area contributed by atoms with Gasteiger partial charge in [0.25, 0.3) is 11.7 Å². The fourth-order valence-electron chi connectivity index (χ4n) is 3.15. The van der Waals surface area contributed by atoms with Gasteiger partial charge in [0.2, 0.25) is 5.79 Å². The lowest BCUT2D eigenvalue weighted by atomic mass is 9.87. The molecule has 0 aromatic heterocycles. The minimum absolute atomic E-state index is 0.210. The average molecular weight is 313 g/mol. The number of nitrogens with zero attached hydrogens (tertiary/aromatic N) is 1. The summed E-state index contributed by atoms with van der Waals surface area (Å²) in [5.41, 5.74) is 0. The van der Waals surface area contributed by atoms with Crippen LogP contribution in [-0.2, 0) is 19.1 Å². The quantitative estimate of drug-likeness (QED) is 0.737. The summed E-state index contributed by atoms with van der Waals surface area (Å²) in [6.07, 6.45) is 2.61. The minimum atomic E-state index is -2.16. The van der Waals surface area contributed by atoms with Crippen molar-refractivity contribution in [3.05, 3.63) is 0 Å². The molecular formula is C15H23NO6. The predicted octanol–water partition coefficient (Wildman–Crippen LogP) is 0.545. The van der Waals surface area contributed by atoms with Crippen molar-refractivity contribution in [3.8, 4) is 0 Å². The first-order valence-electron chi connectivity index (χ1n) is 7.75. The van der Waals surface area contributed by atoms with E-state index in [9.17, 15) is 24.6 Å². The summed E-state index contributed by atoms with van der Waals surface area (Å²) in [5, 5.41) is 19.7. The summed E-state index contributed by atoms with van der Waals surface area (Å²) in [7, 11) is 0. The second kappa shape index (κ2) is 6.34. The molecule has 2 rings (SSSR count). The Morgan fingerprint density at radius 3 is 2.45 bits per heavy atom. The van der Waals surface area contributed by atoms with Crippen molar-refractivity contribution in [2.45, 2.75) is 63.9 Å². The standard InChI is InChI=1S/C15H23NO6/c1-9-6-7-10(2)22-15(9,21)12(17)13(18)16-8-4-3-5-11(16)14(19)20/h9-11,21H,3-8H2,1-2H3,(H,19,20)/t9-,10-,11+,15-/m1/s1. The van der Waals surface area contributed by atoms with Crippen LogP contribution in [0.2, 0.25) is 0 Å². The summed E-state index contributed by atoms with van der Waals surface area (Å²) in [6.45, 7) is 3.60. The van der Waals surface area contributed by atoms with E-state index in [1.165, 1.54) is 0 Å². The van der Waals surface area contributed by atoms with Crippen LogP contribution in [0.1, 0.15) is 46.0 Å². The molecule has 7 heteroatoms. The molecule has 0 radical (unpaired) electrons. The third-order valence-electron chi connectivity index (χ3n) is 4.62. The lowest BCUT2D eigenvalue weighted by molar-refractivity contribution is -0.259. The van der Waals surface area contributed by atoms with Gasteiger partial charge in [-0.3, -0.25) is 9.59 Å². The summed E-state index contributed by atoms with van der Waals surface area (Å²) in [4.78, 5) is 37.2. The number of carbonyl (C=O) groups is 3. The number of hydrogen-bond donors (Lipinski definition) is 2. The van der Waals surface area contributed by atoms with Gasteiger partial charge in [0.15, 0.2) is 0 Å². The molecule has 0 spiro atoms. The van der Waals surface area contributed by atoms with Crippen LogP contribution >= 0.6 is 0 Å². The summed E-state index contributed by atoms with van der Waals surface area (Å²) in [5.74, 6) is -5.81. The number of aliphatic hydroxyl groups is 1. The van der Waals surface area contributed by atoms with Crippen molar-refractivity contribution in [2.75, 3.05) is 6.54 Å². The molecule has 124 valence electrons. The Balaban J connectivity index is 2.20. The average Bonchev–Trinajstić information content (AvgIpc) is 2.49. The highest BCUT2D eigenvalue weighted by Gasteiger charge is 2.51. The molecule has 2 saturated heterocycles. The zero-order chi connectivity index (χ0) is 16.5. The highest BCUT2D eigenvalue weighted by Crippen LogP contribution is 2.33. The maximum absolute atomic E-state index is 12.5. The summed E-state index contributed by atoms with van der Waals surface area (Å²) >= 11 is 0. The molecule has 22 heavy (non-hydrogen) atoms. The molecule has 0 aliphatic carbocycles. The number of amides is 1. The van der Waals surface area contributed by atoms with Gasteiger partial charge in [-0.25, -0.2) is 4.79 Å². The van der Waals surface area contributed by atoms with E-state index in [2.05, 4.69) is 0 Å². The lowest BCUT2D eigenvalue weighted by Gasteiger charge is -2.41. The van der Waals surface area contributed by atoms with Crippen molar-refractivity contribution in [3.63, 3.8) is 0 Å². The van der Waals surface area contributed by atoms with Gasteiger partial charge in [0.1, 0.15) is 6.04 Å². The largest absolute Gasteiger partial charge is 0.480 e. The normalized spacial score (nSPS) is 36.0. The van der Waals surface area contributed by atoms with E-state index in [-0.39, 0.29) is 12.6 Å². The van der Waals surface area contributed by atoms with Crippen LogP contribution in [-0.4, -0.2) is 57.3 Å². The monoisotopic (exact) mass is 313 g/mol. The van der Waals surface area contributed by atoms with Crippen LogP contribution < -0.4 is 0 Å². The Bertz CT molecular complexity index is 479. The molecule has 2 aliphatic heterocycles. The number of rotatable bonds is 3. The fraction of sp³-hybridized carbons (Fsp3) is 0.800. The summed E-state index contributed by atoms with van der Waals surface area (Å²) < 4.78 is 5.37. The smallest absolute Gasteiger partial charge is 0.326 e. The van der Waals surface area contributed by atoms with Gasteiger partial charge in [-0.15, -0.1) is 0 Å². The maximum Gasteiger partial charge on any atom is 0.326 e. The van der Waals surface area contributed by atoms with E-state index < -0.39 is 35.4 Å². The minimum Gasteiger partial charge on any atom is -0.480 e. The van der Waals surface area contributed by atoms with Crippen molar-refractivity contribution < 1.29 is 29.3 Å². The number of Topliss-reactive ketones (excluding diaryl/α,β-unsaturated/α-hetero) is 1. The third kappa shape index (κ3) is 3.01. The van der Waals surface area contributed by atoms with Gasteiger partial charge < -0.3 is 19.8 Å². The molecule has 0 bridgehead atoms. The predicted molar refractivity (Wildman–Crippen MR) is 75.9 cm³/mol. The topological polar surface area (TPSA) is 104 Å². The molecule has 0 aromatic carbocycles. The highest BCUT2D eigenvalue weighted by molar-refractivity contribution is 6.39. The summed E-state index contributed by atoms with van der Waals surface area (Å²) in [6, 6.07) is -1.01. The molecule has 1 amide bonds. The van der Waals surface area contributed by atoms with Crippen molar-refractivity contribution in [1.82, 2.24) is 4.90 Å². The van der Waals surface area contributed by atoms with E-state index in [0.717, 1.165) is 4.90 Å². The van der Waals surface area contributed by atoms with Gasteiger partial charge >= 0.3 is 5.97 Å². The Labute approximate surface area is 129 Å². The van der Waals surface area contributed by atoms with E-state index in [0.29, 0.717) is 32.1 Å². The van der Waals surface area contributed by atoms with Crippen LogP contribution in [0.3, 0.4) is 0 Å². The van der Waals surface area contributed by atoms with Crippen LogP contribution in [0, 0.1) is 5.92 Å². The molecule has 0 saturated carbocycles. The number of likely N-dealkylation sites (tertiary alicyclic amines) is 1. The third-order valence-corrected chi connectivity index (χ3v) is 4.62. The first kappa shape index (κ1) is 16.9. The number of hydrogen-bond acceptors (Lipinski definition) is 5. The van der Waals surface area contributed by atoms with Crippen LogP contribution in [0.5, 0.6) is 0 Å². The first-order valence-corrected chi connectivity index (χ1v) is 7.75. The second-order valence-electron chi connectivity index (χ2n) is 6.28. The van der Waals surface area contributed by atoms with Gasteiger partial charge in [0.05, 0.1) is 6.10 Å². The number of ether oxygens (including phenoxy) is 1. The SMILES string of the molecule is C[C@@H]1CC[C@@H](C)[C@](O)(C(=O)C(=O)N2CCCC[C@H]2C(=O)O)O1. The van der Waals surface area contributed by atoms with Crippen LogP contribution in [0.15, 0.2) is 0 Å². The number of piperidine rings is 1. The molecule has 0 unspecified atom stereocenters. The number of carboxylic acids is 1. The number of carbonyl (C=O) groups excluding carboxylic acids is 2. The molecule has 2 N–H and O–H groups in total. The number of carboxylic acid groups (broad SMARTS) is 1. The van der Waals surface area contributed by atoms with Crippen LogP contribution in [0.4, 0.5) is 0 Å².